The first kappa shape index (κ1) is 18.8. The summed E-state index contributed by atoms with van der Waals surface area (Å²) in [5.41, 5.74) is 0.0373. The standard InChI is InChI=1S/C18H26F2N2O2/c1-18(2,3)17(14-7-6-12(19)9-15(14)20)21-10-13(23)11-22-8-4-5-16(22)24/h6-7,9,13,17,21,23H,4-5,8,10-11H2,1-3H3. The highest BCUT2D eigenvalue weighted by Gasteiger charge is 2.29. The Hall–Kier alpha value is -1.53. The van der Waals surface area contributed by atoms with Gasteiger partial charge in [-0.3, -0.25) is 4.79 Å². The zero-order valence-electron chi connectivity index (χ0n) is 14.5. The van der Waals surface area contributed by atoms with Crippen molar-refractivity contribution in [3.05, 3.63) is 35.4 Å². The lowest BCUT2D eigenvalue weighted by Gasteiger charge is -2.33. The van der Waals surface area contributed by atoms with Crippen LogP contribution in [-0.4, -0.2) is 41.7 Å². The molecular weight excluding hydrogens is 314 g/mol. The van der Waals surface area contributed by atoms with Crippen molar-refractivity contribution < 1.29 is 18.7 Å². The zero-order chi connectivity index (χ0) is 17.9. The van der Waals surface area contributed by atoms with Crippen LogP contribution in [0.5, 0.6) is 0 Å². The fourth-order valence-electron chi connectivity index (χ4n) is 3.09. The minimum atomic E-state index is -0.736. The van der Waals surface area contributed by atoms with Gasteiger partial charge in [-0.2, -0.15) is 0 Å². The van der Waals surface area contributed by atoms with Crippen LogP contribution in [0.4, 0.5) is 8.78 Å². The molecule has 1 fully saturated rings. The van der Waals surface area contributed by atoms with Crippen molar-refractivity contribution in [3.8, 4) is 0 Å². The number of hydrogen-bond donors (Lipinski definition) is 2. The number of carbonyl (C=O) groups is 1. The Bertz CT molecular complexity index is 587. The number of likely N-dealkylation sites (tertiary alicyclic amines) is 1. The molecule has 2 N–H and O–H groups in total. The summed E-state index contributed by atoms with van der Waals surface area (Å²) < 4.78 is 27.3. The molecule has 2 atom stereocenters. The van der Waals surface area contributed by atoms with Crippen molar-refractivity contribution in [3.63, 3.8) is 0 Å². The number of nitrogens with zero attached hydrogens (tertiary/aromatic N) is 1. The second-order valence-corrected chi connectivity index (χ2v) is 7.47. The van der Waals surface area contributed by atoms with Gasteiger partial charge >= 0.3 is 0 Å². The number of β-amino-alcohol motifs (C(OH)–C–C–N with tert-alkyl or cyclic N) is 1. The van der Waals surface area contributed by atoms with Crippen LogP contribution in [0, 0.1) is 17.0 Å². The summed E-state index contributed by atoms with van der Waals surface area (Å²) in [6.45, 7) is 7.01. The van der Waals surface area contributed by atoms with Gasteiger partial charge in [0.05, 0.1) is 6.10 Å². The predicted molar refractivity (Wildman–Crippen MR) is 88.4 cm³/mol. The first-order chi connectivity index (χ1) is 11.2. The highest BCUT2D eigenvalue weighted by Crippen LogP contribution is 2.34. The second kappa shape index (κ2) is 7.57. The Kier molecular flexibility index (Phi) is 5.93. The molecule has 1 amide bonds. The molecule has 0 saturated carbocycles. The Morgan fingerprint density at radius 2 is 2.04 bits per heavy atom. The van der Waals surface area contributed by atoms with Crippen molar-refractivity contribution in [2.45, 2.75) is 45.8 Å². The largest absolute Gasteiger partial charge is 0.390 e. The van der Waals surface area contributed by atoms with Gasteiger partial charge in [0, 0.05) is 43.7 Å². The van der Waals surface area contributed by atoms with E-state index in [0.717, 1.165) is 12.5 Å². The predicted octanol–water partition coefficient (Wildman–Crippen LogP) is 2.62. The van der Waals surface area contributed by atoms with E-state index in [2.05, 4.69) is 5.32 Å². The lowest BCUT2D eigenvalue weighted by molar-refractivity contribution is -0.128. The summed E-state index contributed by atoms with van der Waals surface area (Å²) in [6, 6.07) is 3.15. The van der Waals surface area contributed by atoms with Crippen molar-refractivity contribution in [2.24, 2.45) is 5.41 Å². The molecule has 24 heavy (non-hydrogen) atoms. The average molecular weight is 340 g/mol. The Labute approximate surface area is 141 Å². The first-order valence-corrected chi connectivity index (χ1v) is 8.32. The van der Waals surface area contributed by atoms with Crippen molar-refractivity contribution >= 4 is 5.91 Å². The smallest absolute Gasteiger partial charge is 0.222 e. The summed E-state index contributed by atoms with van der Waals surface area (Å²) in [4.78, 5) is 13.3. The summed E-state index contributed by atoms with van der Waals surface area (Å²) in [5, 5.41) is 13.4. The van der Waals surface area contributed by atoms with Gasteiger partial charge < -0.3 is 15.3 Å². The lowest BCUT2D eigenvalue weighted by Crippen LogP contribution is -2.42. The number of halogens is 2. The van der Waals surface area contributed by atoms with E-state index >= 15 is 0 Å². The zero-order valence-corrected chi connectivity index (χ0v) is 14.5. The normalized spacial score (nSPS) is 18.1. The number of aliphatic hydroxyl groups excluding tert-OH is 1. The molecule has 1 aromatic rings. The number of amides is 1. The Morgan fingerprint density at radius 3 is 2.58 bits per heavy atom. The van der Waals surface area contributed by atoms with Gasteiger partial charge in [0.25, 0.3) is 0 Å². The molecule has 4 nitrogen and oxygen atoms in total. The quantitative estimate of drug-likeness (QED) is 0.837. The third kappa shape index (κ3) is 4.74. The van der Waals surface area contributed by atoms with E-state index in [1.165, 1.54) is 12.1 Å². The summed E-state index contributed by atoms with van der Waals surface area (Å²) >= 11 is 0. The second-order valence-electron chi connectivity index (χ2n) is 7.47. The number of carbonyl (C=O) groups excluding carboxylic acids is 1. The van der Waals surface area contributed by atoms with Crippen molar-refractivity contribution in [1.82, 2.24) is 10.2 Å². The molecule has 1 heterocycles. The number of benzene rings is 1. The van der Waals surface area contributed by atoms with Crippen molar-refractivity contribution in [1.29, 1.82) is 0 Å². The molecule has 2 rings (SSSR count). The maximum absolute atomic E-state index is 14.1. The number of rotatable bonds is 6. The molecular formula is C18H26F2N2O2. The molecule has 0 bridgehead atoms. The van der Waals surface area contributed by atoms with Gasteiger partial charge in [0.2, 0.25) is 5.91 Å². The maximum Gasteiger partial charge on any atom is 0.222 e. The van der Waals surface area contributed by atoms with Crippen LogP contribution in [0.1, 0.15) is 45.2 Å². The summed E-state index contributed by atoms with van der Waals surface area (Å²) in [6.07, 6.45) is 0.621. The van der Waals surface area contributed by atoms with Crippen molar-refractivity contribution in [2.75, 3.05) is 19.6 Å². The van der Waals surface area contributed by atoms with Crippen LogP contribution >= 0.6 is 0 Å². The van der Waals surface area contributed by atoms with Gasteiger partial charge in [-0.05, 0) is 17.9 Å². The van der Waals surface area contributed by atoms with Gasteiger partial charge in [0.1, 0.15) is 11.6 Å². The van der Waals surface area contributed by atoms with Gasteiger partial charge in [-0.1, -0.05) is 26.8 Å². The fraction of sp³-hybridized carbons (Fsp3) is 0.611. The number of nitrogens with one attached hydrogen (secondary N) is 1. The fourth-order valence-corrected chi connectivity index (χ4v) is 3.09. The highest BCUT2D eigenvalue weighted by atomic mass is 19.1. The number of hydrogen-bond acceptors (Lipinski definition) is 3. The highest BCUT2D eigenvalue weighted by molar-refractivity contribution is 5.78. The topological polar surface area (TPSA) is 52.6 Å². The Morgan fingerprint density at radius 1 is 1.33 bits per heavy atom. The Balaban J connectivity index is 2.03. The molecule has 134 valence electrons. The van der Waals surface area contributed by atoms with Crippen LogP contribution in [0.15, 0.2) is 18.2 Å². The summed E-state index contributed by atoms with van der Waals surface area (Å²) in [7, 11) is 0. The third-order valence-electron chi connectivity index (χ3n) is 4.30. The van der Waals surface area contributed by atoms with E-state index < -0.39 is 17.7 Å². The molecule has 0 spiro atoms. The third-order valence-corrected chi connectivity index (χ3v) is 4.30. The van der Waals surface area contributed by atoms with Gasteiger partial charge in [-0.25, -0.2) is 8.78 Å². The first-order valence-electron chi connectivity index (χ1n) is 8.32. The lowest BCUT2D eigenvalue weighted by atomic mass is 9.82. The molecule has 1 aliphatic heterocycles. The average Bonchev–Trinajstić information content (AvgIpc) is 2.85. The number of aliphatic hydroxyl groups is 1. The minimum absolute atomic E-state index is 0.0611. The molecule has 2 unspecified atom stereocenters. The van der Waals surface area contributed by atoms with Crippen LogP contribution in [0.25, 0.3) is 0 Å². The maximum atomic E-state index is 14.1. The van der Waals surface area contributed by atoms with E-state index in [9.17, 15) is 18.7 Å². The summed E-state index contributed by atoms with van der Waals surface area (Å²) in [5.74, 6) is -1.16. The molecule has 0 aliphatic carbocycles. The molecule has 1 saturated heterocycles. The van der Waals surface area contributed by atoms with Crippen LogP contribution in [0.2, 0.25) is 0 Å². The van der Waals surface area contributed by atoms with E-state index in [1.807, 2.05) is 20.8 Å². The minimum Gasteiger partial charge on any atom is -0.390 e. The molecule has 1 aliphatic rings. The van der Waals surface area contributed by atoms with Gasteiger partial charge in [0.15, 0.2) is 0 Å². The van der Waals surface area contributed by atoms with Crippen LogP contribution < -0.4 is 5.32 Å². The van der Waals surface area contributed by atoms with Gasteiger partial charge in [-0.15, -0.1) is 0 Å². The monoisotopic (exact) mass is 340 g/mol. The molecule has 0 radical (unpaired) electrons. The van der Waals surface area contributed by atoms with E-state index in [-0.39, 0.29) is 30.5 Å². The molecule has 6 heteroatoms. The molecule has 1 aromatic carbocycles. The SMILES string of the molecule is CC(C)(C)C(NCC(O)CN1CCCC1=O)c1ccc(F)cc1F. The van der Waals surface area contributed by atoms with Crippen LogP contribution in [-0.2, 0) is 4.79 Å². The van der Waals surface area contributed by atoms with Crippen LogP contribution in [0.3, 0.4) is 0 Å². The van der Waals surface area contributed by atoms with E-state index in [1.54, 1.807) is 4.90 Å². The molecule has 0 aromatic heterocycles. The van der Waals surface area contributed by atoms with E-state index in [0.29, 0.717) is 18.5 Å². The van der Waals surface area contributed by atoms with E-state index in [4.69, 9.17) is 0 Å².